The van der Waals surface area contributed by atoms with Crippen molar-refractivity contribution in [3.63, 3.8) is 0 Å². The highest BCUT2D eigenvalue weighted by Crippen LogP contribution is 2.20. The molecule has 2 N–H and O–H groups in total. The van der Waals surface area contributed by atoms with Crippen molar-refractivity contribution in [1.82, 2.24) is 14.8 Å². The fraction of sp³-hybridized carbons (Fsp3) is 0.360. The van der Waals surface area contributed by atoms with Crippen LogP contribution in [0.5, 0.6) is 0 Å². The Morgan fingerprint density at radius 2 is 1.84 bits per heavy atom. The van der Waals surface area contributed by atoms with Gasteiger partial charge in [-0.15, -0.1) is 0 Å². The third-order valence-electron chi connectivity index (χ3n) is 6.02. The number of pyridine rings is 1. The molecule has 4 rings (SSSR count). The molecule has 2 heterocycles. The van der Waals surface area contributed by atoms with Crippen LogP contribution < -0.4 is 10.9 Å². The second-order valence-electron chi connectivity index (χ2n) is 8.57. The number of halogens is 1. The van der Waals surface area contributed by atoms with Crippen LogP contribution in [0.2, 0.25) is 5.02 Å². The first-order valence-electron chi connectivity index (χ1n) is 11.1. The van der Waals surface area contributed by atoms with Gasteiger partial charge in [0.15, 0.2) is 0 Å². The van der Waals surface area contributed by atoms with Crippen LogP contribution in [-0.2, 0) is 6.54 Å². The Hall–Kier alpha value is -2.83. The van der Waals surface area contributed by atoms with E-state index >= 15 is 0 Å². The fourth-order valence-corrected chi connectivity index (χ4v) is 4.42. The largest absolute Gasteiger partial charge is 0.322 e. The Morgan fingerprint density at radius 1 is 1.12 bits per heavy atom. The second-order valence-corrected chi connectivity index (χ2v) is 9.01. The predicted octanol–water partition coefficient (Wildman–Crippen LogP) is 4.93. The zero-order chi connectivity index (χ0) is 22.7. The van der Waals surface area contributed by atoms with Gasteiger partial charge in [-0.2, -0.15) is 0 Å². The van der Waals surface area contributed by atoms with Crippen molar-refractivity contribution in [2.75, 3.05) is 31.5 Å². The average molecular weight is 453 g/mol. The first-order valence-corrected chi connectivity index (χ1v) is 11.4. The molecular weight excluding hydrogens is 424 g/mol. The summed E-state index contributed by atoms with van der Waals surface area (Å²) in [5, 5.41) is 4.55. The van der Waals surface area contributed by atoms with E-state index in [0.29, 0.717) is 22.8 Å². The van der Waals surface area contributed by atoms with E-state index < -0.39 is 0 Å². The van der Waals surface area contributed by atoms with Crippen molar-refractivity contribution in [3.8, 4) is 0 Å². The van der Waals surface area contributed by atoms with Gasteiger partial charge in [0, 0.05) is 40.3 Å². The van der Waals surface area contributed by atoms with Crippen molar-refractivity contribution in [3.05, 3.63) is 74.5 Å². The number of nitrogens with zero attached hydrogens (tertiary/aromatic N) is 2. The number of likely N-dealkylation sites (tertiary alicyclic amines) is 1. The summed E-state index contributed by atoms with van der Waals surface area (Å²) in [4.78, 5) is 33.1. The molecule has 3 aromatic rings. The lowest BCUT2D eigenvalue weighted by Gasteiger charge is -2.26. The van der Waals surface area contributed by atoms with Crippen molar-refractivity contribution in [2.24, 2.45) is 0 Å². The number of aromatic amines is 1. The molecule has 0 aliphatic carbocycles. The molecule has 2 aromatic carbocycles. The third kappa shape index (κ3) is 5.31. The molecule has 1 saturated heterocycles. The zero-order valence-corrected chi connectivity index (χ0v) is 19.3. The molecule has 1 aliphatic rings. The van der Waals surface area contributed by atoms with Gasteiger partial charge in [-0.05, 0) is 87.3 Å². The Bertz CT molecular complexity index is 1170. The summed E-state index contributed by atoms with van der Waals surface area (Å²) in [6.07, 6.45) is 2.39. The topological polar surface area (TPSA) is 68.4 Å². The van der Waals surface area contributed by atoms with Gasteiger partial charge in [-0.3, -0.25) is 4.79 Å². The molecule has 32 heavy (non-hydrogen) atoms. The van der Waals surface area contributed by atoms with Crippen LogP contribution in [0.3, 0.4) is 0 Å². The predicted molar refractivity (Wildman–Crippen MR) is 131 cm³/mol. The number of aromatic nitrogens is 1. The van der Waals surface area contributed by atoms with Crippen molar-refractivity contribution >= 4 is 34.2 Å². The molecule has 1 aromatic heterocycles. The fourth-order valence-electron chi connectivity index (χ4n) is 4.30. The number of hydrogen-bond donors (Lipinski definition) is 2. The van der Waals surface area contributed by atoms with Crippen molar-refractivity contribution in [1.29, 1.82) is 0 Å². The third-order valence-corrected chi connectivity index (χ3v) is 6.27. The summed E-state index contributed by atoms with van der Waals surface area (Å²) < 4.78 is 0. The maximum absolute atomic E-state index is 13.1. The summed E-state index contributed by atoms with van der Waals surface area (Å²) in [5.74, 6) is 0. The second kappa shape index (κ2) is 9.76. The van der Waals surface area contributed by atoms with Crippen LogP contribution in [0.15, 0.2) is 47.3 Å². The van der Waals surface area contributed by atoms with E-state index in [1.165, 1.54) is 12.8 Å². The molecule has 0 bridgehead atoms. The normalized spacial score (nSPS) is 14.1. The molecule has 168 valence electrons. The molecule has 2 amide bonds. The number of hydrogen-bond acceptors (Lipinski definition) is 3. The van der Waals surface area contributed by atoms with Crippen LogP contribution in [0, 0.1) is 13.8 Å². The number of benzene rings is 2. The molecule has 0 radical (unpaired) electrons. The first kappa shape index (κ1) is 22.4. The molecule has 0 saturated carbocycles. The van der Waals surface area contributed by atoms with E-state index in [9.17, 15) is 9.59 Å². The van der Waals surface area contributed by atoms with Crippen LogP contribution in [-0.4, -0.2) is 47.0 Å². The lowest BCUT2D eigenvalue weighted by atomic mass is 10.0. The van der Waals surface area contributed by atoms with Gasteiger partial charge in [-0.25, -0.2) is 4.79 Å². The summed E-state index contributed by atoms with van der Waals surface area (Å²) in [6.45, 7) is 7.74. The first-order chi connectivity index (χ1) is 15.4. The Kier molecular flexibility index (Phi) is 6.82. The molecule has 0 unspecified atom stereocenters. The quantitative estimate of drug-likeness (QED) is 0.557. The molecule has 1 aliphatic heterocycles. The maximum Gasteiger partial charge on any atom is 0.322 e. The number of rotatable bonds is 6. The van der Waals surface area contributed by atoms with Gasteiger partial charge < -0.3 is 20.1 Å². The number of carbonyl (C=O) groups is 1. The number of nitrogens with one attached hydrogen (secondary N) is 2. The van der Waals surface area contributed by atoms with Crippen LogP contribution in [0.4, 0.5) is 10.5 Å². The minimum absolute atomic E-state index is 0.159. The zero-order valence-electron chi connectivity index (χ0n) is 18.6. The highest BCUT2D eigenvalue weighted by Gasteiger charge is 2.19. The molecular formula is C25H29ClN4O2. The lowest BCUT2D eigenvalue weighted by Crippen LogP contribution is -2.41. The number of fused-ring (bicyclic) bond motifs is 1. The number of amides is 2. The number of urea groups is 1. The lowest BCUT2D eigenvalue weighted by molar-refractivity contribution is 0.197. The highest BCUT2D eigenvalue weighted by atomic mass is 35.5. The van der Waals surface area contributed by atoms with Gasteiger partial charge in [0.2, 0.25) is 0 Å². The molecule has 0 atom stereocenters. The molecule has 0 spiro atoms. The smallest absolute Gasteiger partial charge is 0.322 e. The molecule has 1 fully saturated rings. The molecule has 7 heteroatoms. The standard InChI is InChI=1S/C25H29ClN4O2/c1-17-13-18(2)22-15-19(24(31)28-23(22)14-17)16-30(12-11-29-9-3-4-10-29)25(32)27-21-7-5-20(26)6-8-21/h5-8,13-15H,3-4,9-12,16H2,1-2H3,(H,27,32)(H,28,31). The number of H-pyrrole nitrogens is 1. The Morgan fingerprint density at radius 3 is 2.56 bits per heavy atom. The Balaban J connectivity index is 1.58. The summed E-state index contributed by atoms with van der Waals surface area (Å²) in [5.41, 5.74) is 4.12. The Labute approximate surface area is 193 Å². The van der Waals surface area contributed by atoms with Gasteiger partial charge in [0.25, 0.3) is 5.56 Å². The van der Waals surface area contributed by atoms with Crippen LogP contribution >= 0.6 is 11.6 Å². The summed E-state index contributed by atoms with van der Waals surface area (Å²) in [6, 6.07) is 12.8. The minimum Gasteiger partial charge on any atom is -0.322 e. The average Bonchev–Trinajstić information content (AvgIpc) is 3.27. The van der Waals surface area contributed by atoms with E-state index in [1.54, 1.807) is 29.2 Å². The van der Waals surface area contributed by atoms with Gasteiger partial charge in [0.05, 0.1) is 6.54 Å². The van der Waals surface area contributed by atoms with Crippen molar-refractivity contribution in [2.45, 2.75) is 33.2 Å². The van der Waals surface area contributed by atoms with E-state index in [2.05, 4.69) is 21.3 Å². The van der Waals surface area contributed by atoms with Crippen molar-refractivity contribution < 1.29 is 4.79 Å². The van der Waals surface area contributed by atoms with Gasteiger partial charge >= 0.3 is 6.03 Å². The number of carbonyl (C=O) groups excluding carboxylic acids is 1. The molecule has 6 nitrogen and oxygen atoms in total. The summed E-state index contributed by atoms with van der Waals surface area (Å²) in [7, 11) is 0. The SMILES string of the molecule is Cc1cc(C)c2cc(CN(CCN3CCCC3)C(=O)Nc3ccc(Cl)cc3)c(=O)[nH]c2c1. The monoisotopic (exact) mass is 452 g/mol. The summed E-state index contributed by atoms with van der Waals surface area (Å²) >= 11 is 5.96. The van der Waals surface area contributed by atoms with E-state index in [-0.39, 0.29) is 18.1 Å². The number of aryl methyl sites for hydroxylation is 2. The van der Waals surface area contributed by atoms with E-state index in [4.69, 9.17) is 11.6 Å². The minimum atomic E-state index is -0.230. The van der Waals surface area contributed by atoms with E-state index in [1.807, 2.05) is 26.0 Å². The van der Waals surface area contributed by atoms with Gasteiger partial charge in [-0.1, -0.05) is 17.7 Å². The van der Waals surface area contributed by atoms with Gasteiger partial charge in [0.1, 0.15) is 0 Å². The van der Waals surface area contributed by atoms with Crippen LogP contribution in [0.25, 0.3) is 10.9 Å². The van der Waals surface area contributed by atoms with Crippen LogP contribution in [0.1, 0.15) is 29.5 Å². The highest BCUT2D eigenvalue weighted by molar-refractivity contribution is 6.30. The maximum atomic E-state index is 13.1. The van der Waals surface area contributed by atoms with E-state index in [0.717, 1.165) is 41.7 Å². The number of anilines is 1.